The van der Waals surface area contributed by atoms with Gasteiger partial charge in [-0.2, -0.15) is 13.2 Å². The molecule has 166 valence electrons. The second kappa shape index (κ2) is 8.91. The standard InChI is InChI=1S/C21H22F4N4O2/c1-28(17(18(26)30)13-5-2-7-15(22)11-13)20(31)14-6-4-10-29(12-14)19-16(21(23,24)25)8-3-9-27-19/h2-3,5,7-9,11,14,17H,4,6,10,12H2,1H3,(H2,26,30). The Morgan fingerprint density at radius 2 is 2.00 bits per heavy atom. The van der Waals surface area contributed by atoms with Crippen LogP contribution in [0.5, 0.6) is 0 Å². The number of benzene rings is 1. The van der Waals surface area contributed by atoms with Gasteiger partial charge in [-0.3, -0.25) is 9.59 Å². The first-order valence-corrected chi connectivity index (χ1v) is 9.68. The van der Waals surface area contributed by atoms with Crippen LogP contribution in [0.3, 0.4) is 0 Å². The first-order valence-electron chi connectivity index (χ1n) is 9.68. The van der Waals surface area contributed by atoms with Gasteiger partial charge in [-0.05, 0) is 42.7 Å². The molecule has 0 radical (unpaired) electrons. The van der Waals surface area contributed by atoms with Crippen molar-refractivity contribution < 1.29 is 27.2 Å². The highest BCUT2D eigenvalue weighted by Gasteiger charge is 2.38. The number of alkyl halides is 3. The van der Waals surface area contributed by atoms with E-state index in [1.54, 1.807) is 0 Å². The molecule has 2 atom stereocenters. The number of amides is 2. The highest BCUT2D eigenvalue weighted by Crippen LogP contribution is 2.37. The smallest absolute Gasteiger partial charge is 0.368 e. The Kier molecular flexibility index (Phi) is 6.47. The second-order valence-corrected chi connectivity index (χ2v) is 7.47. The van der Waals surface area contributed by atoms with Crippen molar-refractivity contribution in [1.29, 1.82) is 0 Å². The molecule has 2 amide bonds. The van der Waals surface area contributed by atoms with Crippen LogP contribution in [0.1, 0.15) is 30.0 Å². The van der Waals surface area contributed by atoms with Gasteiger partial charge in [0.2, 0.25) is 11.8 Å². The van der Waals surface area contributed by atoms with E-state index in [4.69, 9.17) is 5.73 Å². The average Bonchev–Trinajstić information content (AvgIpc) is 2.72. The third kappa shape index (κ3) is 4.95. The van der Waals surface area contributed by atoms with Crippen LogP contribution in [0.2, 0.25) is 0 Å². The lowest BCUT2D eigenvalue weighted by molar-refractivity contribution is -0.141. The van der Waals surface area contributed by atoms with Crippen molar-refractivity contribution >= 4 is 17.6 Å². The predicted octanol–water partition coefficient (Wildman–Crippen LogP) is 3.14. The van der Waals surface area contributed by atoms with E-state index >= 15 is 0 Å². The Bertz CT molecular complexity index is 966. The van der Waals surface area contributed by atoms with Crippen molar-refractivity contribution in [3.63, 3.8) is 0 Å². The Morgan fingerprint density at radius 1 is 1.26 bits per heavy atom. The number of aromatic nitrogens is 1. The summed E-state index contributed by atoms with van der Waals surface area (Å²) >= 11 is 0. The molecular weight excluding hydrogens is 416 g/mol. The number of nitrogens with two attached hydrogens (primary N) is 1. The van der Waals surface area contributed by atoms with Crippen molar-refractivity contribution in [1.82, 2.24) is 9.88 Å². The van der Waals surface area contributed by atoms with Gasteiger partial charge in [-0.1, -0.05) is 12.1 Å². The number of nitrogens with zero attached hydrogens (tertiary/aromatic N) is 3. The molecule has 10 heteroatoms. The van der Waals surface area contributed by atoms with E-state index < -0.39 is 41.3 Å². The van der Waals surface area contributed by atoms with Crippen LogP contribution < -0.4 is 10.6 Å². The molecule has 1 aromatic carbocycles. The van der Waals surface area contributed by atoms with Gasteiger partial charge in [-0.15, -0.1) is 0 Å². The number of piperidine rings is 1. The fourth-order valence-corrected chi connectivity index (χ4v) is 3.91. The van der Waals surface area contributed by atoms with Crippen molar-refractivity contribution in [2.45, 2.75) is 25.1 Å². The number of pyridine rings is 1. The molecule has 0 bridgehead atoms. The predicted molar refractivity (Wildman–Crippen MR) is 105 cm³/mol. The molecule has 31 heavy (non-hydrogen) atoms. The summed E-state index contributed by atoms with van der Waals surface area (Å²) in [4.78, 5) is 31.6. The number of primary amides is 1. The molecule has 2 N–H and O–H groups in total. The molecule has 1 aliphatic rings. The van der Waals surface area contributed by atoms with Gasteiger partial charge in [0.15, 0.2) is 0 Å². The van der Waals surface area contributed by atoms with Gasteiger partial charge in [0.05, 0.1) is 11.5 Å². The molecule has 1 saturated heterocycles. The number of hydrogen-bond donors (Lipinski definition) is 1. The molecule has 0 saturated carbocycles. The van der Waals surface area contributed by atoms with E-state index in [2.05, 4.69) is 4.98 Å². The third-order valence-electron chi connectivity index (χ3n) is 5.33. The fourth-order valence-electron chi connectivity index (χ4n) is 3.91. The summed E-state index contributed by atoms with van der Waals surface area (Å²) in [6.45, 7) is 0.328. The minimum absolute atomic E-state index is 0.0118. The van der Waals surface area contributed by atoms with E-state index in [0.29, 0.717) is 19.4 Å². The summed E-state index contributed by atoms with van der Waals surface area (Å²) in [5.74, 6) is -2.77. The SMILES string of the molecule is CN(C(=O)C1CCCN(c2ncccc2C(F)(F)F)C1)C(C(N)=O)c1cccc(F)c1. The number of halogens is 4. The molecule has 6 nitrogen and oxygen atoms in total. The zero-order chi connectivity index (χ0) is 22.8. The lowest BCUT2D eigenvalue weighted by Gasteiger charge is -2.37. The maximum absolute atomic E-state index is 13.6. The van der Waals surface area contributed by atoms with Gasteiger partial charge >= 0.3 is 6.18 Å². The van der Waals surface area contributed by atoms with E-state index in [1.165, 1.54) is 42.4 Å². The molecule has 1 fully saturated rings. The van der Waals surface area contributed by atoms with Gasteiger partial charge in [0.25, 0.3) is 0 Å². The van der Waals surface area contributed by atoms with E-state index in [-0.39, 0.29) is 17.9 Å². The molecule has 3 rings (SSSR count). The van der Waals surface area contributed by atoms with E-state index in [9.17, 15) is 27.2 Å². The average molecular weight is 438 g/mol. The largest absolute Gasteiger partial charge is 0.419 e. The van der Waals surface area contributed by atoms with Crippen molar-refractivity contribution in [3.05, 3.63) is 59.5 Å². The molecule has 2 unspecified atom stereocenters. The van der Waals surface area contributed by atoms with Gasteiger partial charge in [0, 0.05) is 26.3 Å². The maximum atomic E-state index is 13.6. The van der Waals surface area contributed by atoms with Crippen LogP contribution in [0.15, 0.2) is 42.6 Å². The summed E-state index contributed by atoms with van der Waals surface area (Å²) in [6, 6.07) is 6.18. The molecule has 1 aliphatic heterocycles. The first kappa shape index (κ1) is 22.5. The summed E-state index contributed by atoms with van der Waals surface area (Å²) in [6.07, 6.45) is -2.40. The molecule has 2 heterocycles. The minimum atomic E-state index is -4.58. The molecular formula is C21H22F4N4O2. The van der Waals surface area contributed by atoms with Crippen molar-refractivity contribution in [2.24, 2.45) is 11.7 Å². The van der Waals surface area contributed by atoms with Crippen LogP contribution in [0, 0.1) is 11.7 Å². The molecule has 0 aliphatic carbocycles. The van der Waals surface area contributed by atoms with Crippen LogP contribution in [-0.2, 0) is 15.8 Å². The summed E-state index contributed by atoms with van der Waals surface area (Å²) in [7, 11) is 1.38. The number of carbonyl (C=O) groups excluding carboxylic acids is 2. The minimum Gasteiger partial charge on any atom is -0.368 e. The van der Waals surface area contributed by atoms with Crippen LogP contribution in [0.25, 0.3) is 0 Å². The van der Waals surface area contributed by atoms with Gasteiger partial charge in [0.1, 0.15) is 17.7 Å². The van der Waals surface area contributed by atoms with Crippen LogP contribution >= 0.6 is 0 Å². The van der Waals surface area contributed by atoms with Gasteiger partial charge < -0.3 is 15.5 Å². The maximum Gasteiger partial charge on any atom is 0.419 e. The molecule has 0 spiro atoms. The van der Waals surface area contributed by atoms with E-state index in [1.807, 2.05) is 0 Å². The quantitative estimate of drug-likeness (QED) is 0.728. The lowest BCUT2D eigenvalue weighted by atomic mass is 9.94. The van der Waals surface area contributed by atoms with Crippen LogP contribution in [0.4, 0.5) is 23.4 Å². The lowest BCUT2D eigenvalue weighted by Crippen LogP contribution is -2.47. The van der Waals surface area contributed by atoms with Gasteiger partial charge in [-0.25, -0.2) is 9.37 Å². The molecule has 1 aromatic heterocycles. The number of carbonyl (C=O) groups is 2. The third-order valence-corrected chi connectivity index (χ3v) is 5.33. The van der Waals surface area contributed by atoms with E-state index in [0.717, 1.165) is 17.0 Å². The van der Waals surface area contributed by atoms with Crippen LogP contribution in [-0.4, -0.2) is 41.8 Å². The first-order chi connectivity index (χ1) is 14.6. The number of hydrogen-bond acceptors (Lipinski definition) is 4. The van der Waals surface area contributed by atoms with Crippen molar-refractivity contribution in [3.8, 4) is 0 Å². The molecule has 2 aromatic rings. The van der Waals surface area contributed by atoms with Crippen molar-refractivity contribution in [2.75, 3.05) is 25.0 Å². The Hall–Kier alpha value is -3.17. The Balaban J connectivity index is 1.83. The second-order valence-electron chi connectivity index (χ2n) is 7.47. The summed E-state index contributed by atoms with van der Waals surface area (Å²) in [5.41, 5.74) is 4.83. The topological polar surface area (TPSA) is 79.5 Å². The highest BCUT2D eigenvalue weighted by molar-refractivity contribution is 5.88. The summed E-state index contributed by atoms with van der Waals surface area (Å²) in [5, 5.41) is 0. The summed E-state index contributed by atoms with van der Waals surface area (Å²) < 4.78 is 53.8. The Labute approximate surface area is 176 Å². The monoisotopic (exact) mass is 438 g/mol. The number of rotatable bonds is 5. The zero-order valence-corrected chi connectivity index (χ0v) is 16.8. The Morgan fingerprint density at radius 3 is 2.65 bits per heavy atom. The fraction of sp³-hybridized carbons (Fsp3) is 0.381. The zero-order valence-electron chi connectivity index (χ0n) is 16.8. The normalized spacial score (nSPS) is 17.8. The number of anilines is 1. The number of likely N-dealkylation sites (N-methyl/N-ethyl adjacent to an activating group) is 1. The highest BCUT2D eigenvalue weighted by atomic mass is 19.4.